The van der Waals surface area contributed by atoms with Gasteiger partial charge in [-0.3, -0.25) is 14.8 Å². The van der Waals surface area contributed by atoms with Crippen molar-refractivity contribution >= 4 is 0 Å². The Morgan fingerprint density at radius 1 is 0.529 bits per heavy atom. The smallest absolute Gasteiger partial charge is 0.0544 e. The highest BCUT2D eigenvalue weighted by molar-refractivity contribution is 5.14. The van der Waals surface area contributed by atoms with Crippen LogP contribution in [0.1, 0.15) is 11.3 Å². The van der Waals surface area contributed by atoms with Crippen LogP contribution < -0.4 is 0 Å². The summed E-state index contributed by atoms with van der Waals surface area (Å²) < 4.78 is 0. The maximum absolute atomic E-state index is 9.44. The van der Waals surface area contributed by atoms with Gasteiger partial charge in [-0.15, -0.1) is 0 Å². The molecule has 0 atom stereocenters. The van der Waals surface area contributed by atoms with Gasteiger partial charge in [0.05, 0.1) is 5.69 Å². The van der Waals surface area contributed by atoms with Crippen LogP contribution in [0.3, 0.4) is 0 Å². The van der Waals surface area contributed by atoms with Crippen LogP contribution in [0.5, 0.6) is 0 Å². The van der Waals surface area contributed by atoms with Crippen molar-refractivity contribution < 1.29 is 40.9 Å². The normalized spacial score (nSPS) is 12.4. The first kappa shape index (κ1) is 30.8. The van der Waals surface area contributed by atoms with Gasteiger partial charge in [0, 0.05) is 122 Å². The van der Waals surface area contributed by atoms with Crippen LogP contribution >= 0.6 is 0 Å². The summed E-state index contributed by atoms with van der Waals surface area (Å²) in [6, 6.07) is 3.75. The van der Waals surface area contributed by atoms with Crippen LogP contribution in [0.2, 0.25) is 0 Å². The predicted molar refractivity (Wildman–Crippen MR) is 125 cm³/mol. The molecule has 8 N–H and O–H groups in total. The van der Waals surface area contributed by atoms with E-state index in [1.54, 1.807) is 6.20 Å². The Balaban J connectivity index is 2.89. The molecule has 0 bridgehead atoms. The monoisotopic (exact) mass is 489 g/mol. The Hall–Kier alpha value is -1.25. The molecule has 11 nitrogen and oxygen atoms in total. The third kappa shape index (κ3) is 11.5. The van der Waals surface area contributed by atoms with E-state index in [9.17, 15) is 40.9 Å². The van der Waals surface area contributed by atoms with Crippen molar-refractivity contribution in [3.8, 4) is 0 Å². The lowest BCUT2D eigenvalue weighted by Gasteiger charge is -2.29. The van der Waals surface area contributed by atoms with Gasteiger partial charge in [0.15, 0.2) is 0 Å². The summed E-state index contributed by atoms with van der Waals surface area (Å²) in [4.78, 5) is 8.40. The average molecular weight is 490 g/mol. The molecule has 0 amide bonds. The highest BCUT2D eigenvalue weighted by atomic mass is 16.3. The maximum Gasteiger partial charge on any atom is 0.0544 e. The van der Waals surface area contributed by atoms with Gasteiger partial charge < -0.3 is 40.9 Å². The molecule has 11 heteroatoms. The molecule has 0 aliphatic carbocycles. The molecule has 0 spiro atoms. The van der Waals surface area contributed by atoms with Gasteiger partial charge in [0.2, 0.25) is 0 Å². The van der Waals surface area contributed by atoms with Crippen molar-refractivity contribution in [3.63, 3.8) is 0 Å². The molecule has 1 heterocycles. The zero-order valence-corrected chi connectivity index (χ0v) is 19.9. The largest absolute Gasteiger partial charge is 0.396 e. The number of pyridine rings is 1. The molecule has 0 radical (unpaired) electrons. The number of hydrogen-bond acceptors (Lipinski definition) is 11. The van der Waals surface area contributed by atoms with Crippen molar-refractivity contribution in [3.05, 3.63) is 29.6 Å². The van der Waals surface area contributed by atoms with Crippen molar-refractivity contribution in [2.75, 3.05) is 79.0 Å². The average Bonchev–Trinajstić information content (AvgIpc) is 2.87. The molecule has 198 valence electrons. The van der Waals surface area contributed by atoms with Crippen LogP contribution in [-0.4, -0.2) is 135 Å². The first-order chi connectivity index (χ1) is 16.5. The van der Waals surface area contributed by atoms with Gasteiger partial charge in [-0.2, -0.15) is 0 Å². The van der Waals surface area contributed by atoms with Crippen LogP contribution in [0, 0.1) is 23.7 Å². The molecule has 0 aliphatic heterocycles. The lowest BCUT2D eigenvalue weighted by Crippen LogP contribution is -2.38. The summed E-state index contributed by atoms with van der Waals surface area (Å²) in [6.45, 7) is 1.02. The van der Waals surface area contributed by atoms with Crippen molar-refractivity contribution in [1.29, 1.82) is 0 Å². The van der Waals surface area contributed by atoms with Gasteiger partial charge in [0.1, 0.15) is 0 Å². The van der Waals surface area contributed by atoms with Crippen LogP contribution in [0.25, 0.3) is 0 Å². The second-order valence-corrected chi connectivity index (χ2v) is 8.97. The van der Waals surface area contributed by atoms with E-state index in [0.717, 1.165) is 11.3 Å². The van der Waals surface area contributed by atoms with Crippen molar-refractivity contribution in [1.82, 2.24) is 14.8 Å². The fourth-order valence-electron chi connectivity index (χ4n) is 3.69. The first-order valence-corrected chi connectivity index (χ1v) is 11.7. The number of aliphatic hydroxyl groups is 8. The van der Waals surface area contributed by atoms with Gasteiger partial charge in [-0.05, 0) is 11.6 Å². The summed E-state index contributed by atoms with van der Waals surface area (Å²) in [6.07, 6.45) is 1.71. The maximum atomic E-state index is 9.44. The van der Waals surface area contributed by atoms with Crippen LogP contribution in [-0.2, 0) is 13.1 Å². The number of rotatable bonds is 20. The molecule has 0 saturated carbocycles. The Kier molecular flexibility index (Phi) is 16.4. The Morgan fingerprint density at radius 3 is 1.18 bits per heavy atom. The van der Waals surface area contributed by atoms with Gasteiger partial charge >= 0.3 is 0 Å². The van der Waals surface area contributed by atoms with E-state index < -0.39 is 0 Å². The van der Waals surface area contributed by atoms with Crippen LogP contribution in [0.15, 0.2) is 18.3 Å². The van der Waals surface area contributed by atoms with E-state index in [-0.39, 0.29) is 76.5 Å². The number of aliphatic hydroxyl groups excluding tert-OH is 8. The molecule has 0 saturated heterocycles. The summed E-state index contributed by atoms with van der Waals surface area (Å²) in [5.41, 5.74) is 1.62. The molecule has 0 aliphatic rings. The molecule has 1 aromatic heterocycles. The third-order valence-corrected chi connectivity index (χ3v) is 5.81. The molecule has 34 heavy (non-hydrogen) atoms. The molecule has 1 aromatic rings. The van der Waals surface area contributed by atoms with Gasteiger partial charge in [0.25, 0.3) is 0 Å². The third-order valence-electron chi connectivity index (χ3n) is 5.81. The minimum atomic E-state index is -0.345. The van der Waals surface area contributed by atoms with E-state index in [1.807, 2.05) is 21.9 Å². The van der Waals surface area contributed by atoms with E-state index >= 15 is 0 Å². The zero-order chi connectivity index (χ0) is 25.3. The second kappa shape index (κ2) is 18.1. The van der Waals surface area contributed by atoms with Crippen molar-refractivity contribution in [2.24, 2.45) is 23.7 Å². The quantitative estimate of drug-likeness (QED) is 0.0940. The number of hydrogen-bond donors (Lipinski definition) is 8. The molecular formula is C23H43N3O8. The summed E-state index contributed by atoms with van der Waals surface area (Å²) in [5, 5.41) is 75.5. The van der Waals surface area contributed by atoms with E-state index in [2.05, 4.69) is 4.98 Å². The summed E-state index contributed by atoms with van der Waals surface area (Å²) >= 11 is 0. The minimum Gasteiger partial charge on any atom is -0.396 e. The minimum absolute atomic E-state index is 0.172. The lowest BCUT2D eigenvalue weighted by molar-refractivity contribution is 0.0708. The van der Waals surface area contributed by atoms with E-state index in [4.69, 9.17) is 0 Å². The van der Waals surface area contributed by atoms with E-state index in [0.29, 0.717) is 39.3 Å². The lowest BCUT2D eigenvalue weighted by atomic mass is 10.1. The highest BCUT2D eigenvalue weighted by Crippen LogP contribution is 2.13. The highest BCUT2D eigenvalue weighted by Gasteiger charge is 2.20. The number of aromatic nitrogens is 1. The standard InChI is InChI=1S/C23H43N3O8/c27-10-19(11-28)5-25(6-20(12-29)13-30)4-18-1-2-23(24-3-18)9-26(7-21(14-31)15-32)8-22(16-33)17-34/h1-3,19-22,27-34H,4-17H2. The van der Waals surface area contributed by atoms with Gasteiger partial charge in [-0.25, -0.2) is 0 Å². The van der Waals surface area contributed by atoms with Crippen LogP contribution in [0.4, 0.5) is 0 Å². The topological polar surface area (TPSA) is 181 Å². The second-order valence-electron chi connectivity index (χ2n) is 8.97. The summed E-state index contributed by atoms with van der Waals surface area (Å²) in [5.74, 6) is -1.36. The SMILES string of the molecule is OCC(CO)CN(Cc1ccc(CN(CC(CO)CO)CC(CO)CO)nc1)CC(CO)CO. The Bertz CT molecular complexity index is 528. The van der Waals surface area contributed by atoms with Crippen molar-refractivity contribution in [2.45, 2.75) is 13.1 Å². The fourth-order valence-corrected chi connectivity index (χ4v) is 3.69. The summed E-state index contributed by atoms with van der Waals surface area (Å²) in [7, 11) is 0. The number of nitrogens with zero attached hydrogens (tertiary/aromatic N) is 3. The van der Waals surface area contributed by atoms with E-state index in [1.165, 1.54) is 0 Å². The first-order valence-electron chi connectivity index (χ1n) is 11.7. The molecular weight excluding hydrogens is 446 g/mol. The van der Waals surface area contributed by atoms with Gasteiger partial charge in [-0.1, -0.05) is 6.07 Å². The Labute approximate surface area is 201 Å². The molecule has 1 rings (SSSR count). The Morgan fingerprint density at radius 2 is 0.882 bits per heavy atom. The molecule has 0 unspecified atom stereocenters. The zero-order valence-electron chi connectivity index (χ0n) is 19.9. The molecule has 0 aromatic carbocycles. The fraction of sp³-hybridized carbons (Fsp3) is 0.783. The predicted octanol–water partition coefficient (Wildman–Crippen LogP) is -2.91. The molecule has 0 fully saturated rings.